The van der Waals surface area contributed by atoms with Gasteiger partial charge in [-0.2, -0.15) is 0 Å². The van der Waals surface area contributed by atoms with Crippen LogP contribution >= 0.6 is 0 Å². The van der Waals surface area contributed by atoms with Gasteiger partial charge in [0.05, 0.1) is 0 Å². The van der Waals surface area contributed by atoms with Gasteiger partial charge < -0.3 is 42.4 Å². The van der Waals surface area contributed by atoms with Crippen LogP contribution in [0.15, 0.2) is 72.8 Å². The molecule has 0 aliphatic rings. The summed E-state index contributed by atoms with van der Waals surface area (Å²) in [6.07, 6.45) is 0. The lowest BCUT2D eigenvalue weighted by Crippen LogP contribution is -2.36. The predicted molar refractivity (Wildman–Crippen MR) is 124 cm³/mol. The van der Waals surface area contributed by atoms with Gasteiger partial charge in [-0.3, -0.25) is 0 Å². The first-order valence-electron chi connectivity index (χ1n) is 10.4. The second-order valence-electron chi connectivity index (χ2n) is 6.71. The maximum atomic E-state index is 5.94. The van der Waals surface area contributed by atoms with Gasteiger partial charge in [-0.15, -0.1) is 0 Å². The number of methoxy groups -OCH3 is 3. The third kappa shape index (κ3) is 8.40. The summed E-state index contributed by atoms with van der Waals surface area (Å²) < 4.78 is 48.7. The van der Waals surface area contributed by atoms with Crippen LogP contribution in [-0.2, 0) is 14.2 Å². The topological polar surface area (TPSA) is 83.1 Å². The van der Waals surface area contributed by atoms with Crippen molar-refractivity contribution in [3.63, 3.8) is 0 Å². The van der Waals surface area contributed by atoms with E-state index in [-0.39, 0.29) is 20.4 Å². The Bertz CT molecular complexity index is 822. The van der Waals surface area contributed by atoms with Crippen molar-refractivity contribution in [2.24, 2.45) is 0 Å². The molecule has 0 atom stereocenters. The van der Waals surface area contributed by atoms with Crippen LogP contribution in [0.4, 0.5) is 0 Å². The van der Waals surface area contributed by atoms with Crippen molar-refractivity contribution in [1.29, 1.82) is 0 Å². The van der Waals surface area contributed by atoms with Gasteiger partial charge in [0.2, 0.25) is 0 Å². The zero-order valence-corrected chi connectivity index (χ0v) is 19.3. The summed E-state index contributed by atoms with van der Waals surface area (Å²) in [6.45, 7) is 0.468. The molecular formula is C24H27BO9. The van der Waals surface area contributed by atoms with E-state index in [1.807, 2.05) is 0 Å². The van der Waals surface area contributed by atoms with Crippen molar-refractivity contribution >= 4 is 7.32 Å². The van der Waals surface area contributed by atoms with Crippen LogP contribution in [0.3, 0.4) is 0 Å². The Balaban J connectivity index is 1.69. The molecule has 0 radical (unpaired) electrons. The first-order chi connectivity index (χ1) is 16.7. The van der Waals surface area contributed by atoms with Crippen LogP contribution in [0, 0.1) is 0 Å². The number of benzene rings is 3. The lowest BCUT2D eigenvalue weighted by molar-refractivity contribution is 0.0509. The number of ether oxygens (including phenoxy) is 6. The molecule has 10 heteroatoms. The van der Waals surface area contributed by atoms with Gasteiger partial charge in [-0.1, -0.05) is 0 Å². The zero-order chi connectivity index (χ0) is 24.0. The van der Waals surface area contributed by atoms with Gasteiger partial charge in [0.1, 0.15) is 34.5 Å². The predicted octanol–water partition coefficient (Wildman–Crippen LogP) is 4.16. The summed E-state index contributed by atoms with van der Waals surface area (Å²) in [5.41, 5.74) is 0. The van der Waals surface area contributed by atoms with Crippen LogP contribution < -0.4 is 28.2 Å². The van der Waals surface area contributed by atoms with Gasteiger partial charge in [-0.05, 0) is 72.8 Å². The van der Waals surface area contributed by atoms with Crippen molar-refractivity contribution in [3.8, 4) is 34.5 Å². The fourth-order valence-electron chi connectivity index (χ4n) is 2.63. The van der Waals surface area contributed by atoms with Gasteiger partial charge in [0, 0.05) is 21.3 Å². The molecule has 0 fully saturated rings. The highest BCUT2D eigenvalue weighted by Crippen LogP contribution is 2.24. The number of hydrogen-bond donors (Lipinski definition) is 0. The van der Waals surface area contributed by atoms with Gasteiger partial charge >= 0.3 is 7.32 Å². The quantitative estimate of drug-likeness (QED) is 0.240. The molecule has 0 saturated heterocycles. The summed E-state index contributed by atoms with van der Waals surface area (Å²) in [5.74, 6) is 3.50. The molecule has 0 aliphatic carbocycles. The third-order valence-electron chi connectivity index (χ3n) is 4.20. The minimum Gasteiger partial charge on any atom is -0.490 e. The highest BCUT2D eigenvalue weighted by molar-refractivity contribution is 6.39. The Morgan fingerprint density at radius 2 is 0.647 bits per heavy atom. The maximum absolute atomic E-state index is 5.94. The second-order valence-corrected chi connectivity index (χ2v) is 6.71. The third-order valence-corrected chi connectivity index (χ3v) is 4.20. The van der Waals surface area contributed by atoms with E-state index in [1.165, 1.54) is 0 Å². The molecule has 0 aliphatic heterocycles. The van der Waals surface area contributed by atoms with Gasteiger partial charge in [0.15, 0.2) is 20.4 Å². The lowest BCUT2D eigenvalue weighted by Gasteiger charge is -2.17. The van der Waals surface area contributed by atoms with Crippen molar-refractivity contribution < 1.29 is 42.4 Å². The van der Waals surface area contributed by atoms with E-state index in [2.05, 4.69) is 0 Å². The number of rotatable bonds is 15. The Hall–Kier alpha value is -3.60. The molecule has 0 aromatic heterocycles. The Morgan fingerprint density at radius 1 is 0.412 bits per heavy atom. The average Bonchev–Trinajstić information content (AvgIpc) is 2.87. The molecule has 34 heavy (non-hydrogen) atoms. The standard InChI is InChI=1S/C24H27BO9/c1-26-16-29-19-4-10-22(11-5-19)32-25(33-23-12-6-20(7-13-23)30-17-27-2)34-24-14-8-21(9-15-24)31-18-28-3/h4-15H,16-18H2,1-3H3. The molecule has 3 rings (SSSR count). The molecular weight excluding hydrogens is 443 g/mol. The molecule has 0 N–H and O–H groups in total. The molecule has 0 bridgehead atoms. The van der Waals surface area contributed by atoms with E-state index < -0.39 is 7.32 Å². The maximum Gasteiger partial charge on any atom is 0.864 e. The van der Waals surface area contributed by atoms with Crippen LogP contribution in [0.1, 0.15) is 0 Å². The molecule has 9 nitrogen and oxygen atoms in total. The van der Waals surface area contributed by atoms with E-state index in [9.17, 15) is 0 Å². The summed E-state index contributed by atoms with van der Waals surface area (Å²) in [6, 6.07) is 21.0. The zero-order valence-electron chi connectivity index (χ0n) is 19.3. The first-order valence-corrected chi connectivity index (χ1v) is 10.4. The Kier molecular flexibility index (Phi) is 10.2. The normalized spacial score (nSPS) is 10.3. The van der Waals surface area contributed by atoms with Crippen molar-refractivity contribution in [3.05, 3.63) is 72.8 Å². The van der Waals surface area contributed by atoms with Gasteiger partial charge in [-0.25, -0.2) is 0 Å². The molecule has 3 aromatic carbocycles. The fourth-order valence-corrected chi connectivity index (χ4v) is 2.63. The van der Waals surface area contributed by atoms with E-state index >= 15 is 0 Å². The van der Waals surface area contributed by atoms with E-state index in [1.54, 1.807) is 94.1 Å². The van der Waals surface area contributed by atoms with Crippen molar-refractivity contribution in [2.75, 3.05) is 41.7 Å². The molecule has 0 saturated carbocycles. The van der Waals surface area contributed by atoms with Crippen LogP contribution in [0.25, 0.3) is 0 Å². The van der Waals surface area contributed by atoms with E-state index in [0.717, 1.165) is 0 Å². The van der Waals surface area contributed by atoms with Crippen LogP contribution in [0.5, 0.6) is 34.5 Å². The number of hydrogen-bond acceptors (Lipinski definition) is 9. The molecule has 0 spiro atoms. The first kappa shape index (κ1) is 25.0. The minimum atomic E-state index is -1.08. The van der Waals surface area contributed by atoms with Crippen molar-refractivity contribution in [1.82, 2.24) is 0 Å². The SMILES string of the molecule is COCOc1ccc(OB(Oc2ccc(OCOC)cc2)Oc2ccc(OCOC)cc2)cc1. The van der Waals surface area contributed by atoms with Crippen molar-refractivity contribution in [2.45, 2.75) is 0 Å². The second kappa shape index (κ2) is 13.8. The highest BCUT2D eigenvalue weighted by Gasteiger charge is 2.30. The molecule has 180 valence electrons. The summed E-state index contributed by atoms with van der Waals surface area (Å²) in [4.78, 5) is 0. The molecule has 0 heterocycles. The summed E-state index contributed by atoms with van der Waals surface area (Å²) >= 11 is 0. The summed E-state index contributed by atoms with van der Waals surface area (Å²) in [5, 5.41) is 0. The van der Waals surface area contributed by atoms with Crippen LogP contribution in [-0.4, -0.2) is 49.0 Å². The summed E-state index contributed by atoms with van der Waals surface area (Å²) in [7, 11) is 3.60. The molecule has 0 amide bonds. The van der Waals surface area contributed by atoms with E-state index in [4.69, 9.17) is 42.4 Å². The largest absolute Gasteiger partial charge is 0.864 e. The molecule has 3 aromatic rings. The minimum absolute atomic E-state index is 0.156. The van der Waals surface area contributed by atoms with E-state index in [0.29, 0.717) is 34.5 Å². The molecule has 0 unspecified atom stereocenters. The van der Waals surface area contributed by atoms with Gasteiger partial charge in [0.25, 0.3) is 0 Å². The smallest absolute Gasteiger partial charge is 0.490 e. The monoisotopic (exact) mass is 470 g/mol. The Labute approximate surface area is 199 Å². The lowest BCUT2D eigenvalue weighted by atomic mass is 10.2. The average molecular weight is 470 g/mol. The highest BCUT2D eigenvalue weighted by atomic mass is 16.7. The van der Waals surface area contributed by atoms with Crippen LogP contribution in [0.2, 0.25) is 0 Å². The Morgan fingerprint density at radius 3 is 0.882 bits per heavy atom. The fraction of sp³-hybridized carbons (Fsp3) is 0.250.